The van der Waals surface area contributed by atoms with Crippen molar-refractivity contribution in [3.8, 4) is 17.2 Å². The summed E-state index contributed by atoms with van der Waals surface area (Å²) in [5.41, 5.74) is 3.65. The van der Waals surface area contributed by atoms with Gasteiger partial charge in [-0.15, -0.1) is 0 Å². The highest BCUT2D eigenvalue weighted by molar-refractivity contribution is 9.10. The molecule has 0 saturated carbocycles. The largest absolute Gasteiger partial charge is 0.497 e. The lowest BCUT2D eigenvalue weighted by atomic mass is 10.2. The molecule has 0 atom stereocenters. The van der Waals surface area contributed by atoms with Gasteiger partial charge in [-0.05, 0) is 64.3 Å². The van der Waals surface area contributed by atoms with Gasteiger partial charge in [-0.25, -0.2) is 5.43 Å². The van der Waals surface area contributed by atoms with Crippen LogP contribution in [0.3, 0.4) is 0 Å². The number of benzene rings is 2. The Kier molecular flexibility index (Phi) is 9.83. The van der Waals surface area contributed by atoms with E-state index in [2.05, 4.69) is 31.8 Å². The fourth-order valence-corrected chi connectivity index (χ4v) is 3.10. The van der Waals surface area contributed by atoms with Crippen LogP contribution < -0.4 is 25.0 Å². The molecule has 0 aliphatic heterocycles. The van der Waals surface area contributed by atoms with Crippen molar-refractivity contribution in [3.05, 3.63) is 52.0 Å². The highest BCUT2D eigenvalue weighted by atomic mass is 79.9. The Balaban J connectivity index is 1.82. The Bertz CT molecular complexity index is 916. The van der Waals surface area contributed by atoms with Gasteiger partial charge in [-0.1, -0.05) is 6.92 Å². The van der Waals surface area contributed by atoms with E-state index in [1.807, 2.05) is 13.0 Å². The summed E-state index contributed by atoms with van der Waals surface area (Å²) in [5, 5.41) is 6.65. The highest BCUT2D eigenvalue weighted by Crippen LogP contribution is 2.36. The van der Waals surface area contributed by atoms with E-state index in [4.69, 9.17) is 14.2 Å². The molecule has 8 nitrogen and oxygen atoms in total. The van der Waals surface area contributed by atoms with Crippen molar-refractivity contribution in [2.24, 2.45) is 5.10 Å². The van der Waals surface area contributed by atoms with Crippen molar-refractivity contribution in [1.29, 1.82) is 0 Å². The van der Waals surface area contributed by atoms with Gasteiger partial charge < -0.3 is 19.5 Å². The van der Waals surface area contributed by atoms with Crippen LogP contribution in [0.5, 0.6) is 17.2 Å². The smallest absolute Gasteiger partial charge is 0.251 e. The number of carbonyl (C=O) groups is 2. The van der Waals surface area contributed by atoms with Gasteiger partial charge in [0.15, 0.2) is 11.5 Å². The van der Waals surface area contributed by atoms with Gasteiger partial charge in [0.25, 0.3) is 5.91 Å². The number of carbonyl (C=O) groups excluding carboxylic acids is 2. The van der Waals surface area contributed by atoms with Gasteiger partial charge in [0.1, 0.15) is 5.75 Å². The molecule has 2 amide bonds. The number of amides is 2. The van der Waals surface area contributed by atoms with Crippen LogP contribution in [0, 0.1) is 0 Å². The first kappa shape index (κ1) is 24.2. The van der Waals surface area contributed by atoms with E-state index in [1.165, 1.54) is 6.21 Å². The van der Waals surface area contributed by atoms with Crippen LogP contribution in [0.1, 0.15) is 35.7 Å². The molecule has 0 unspecified atom stereocenters. The standard InChI is InChI=1S/C22H26BrN3O5/c1-4-11-31-21-18(23)12-15(13-19(21)30-3)14-25-26-20(27)9-10-24-22(28)16-5-7-17(29-2)8-6-16/h5-8,12-14H,4,9-11H2,1-3H3,(H,24,28)(H,26,27). The van der Waals surface area contributed by atoms with E-state index < -0.39 is 0 Å². The number of halogens is 1. The molecule has 0 saturated heterocycles. The Morgan fingerprint density at radius 3 is 2.52 bits per heavy atom. The van der Waals surface area contributed by atoms with Crippen molar-refractivity contribution < 1.29 is 23.8 Å². The summed E-state index contributed by atoms with van der Waals surface area (Å²) in [5.74, 6) is 1.28. The fourth-order valence-electron chi connectivity index (χ4n) is 2.53. The zero-order valence-electron chi connectivity index (χ0n) is 17.7. The van der Waals surface area contributed by atoms with Crippen LogP contribution in [0.2, 0.25) is 0 Å². The first-order valence-electron chi connectivity index (χ1n) is 9.73. The number of hydrazone groups is 1. The number of nitrogens with one attached hydrogen (secondary N) is 2. The second-order valence-electron chi connectivity index (χ2n) is 6.41. The van der Waals surface area contributed by atoms with Gasteiger partial charge in [-0.3, -0.25) is 9.59 Å². The second kappa shape index (κ2) is 12.6. The Labute approximate surface area is 190 Å². The SMILES string of the molecule is CCCOc1c(Br)cc(C=NNC(=O)CCNC(=O)c2ccc(OC)cc2)cc1OC. The monoisotopic (exact) mass is 491 g/mol. The normalized spacial score (nSPS) is 10.6. The minimum atomic E-state index is -0.319. The lowest BCUT2D eigenvalue weighted by Gasteiger charge is -2.12. The van der Waals surface area contributed by atoms with E-state index in [-0.39, 0.29) is 24.8 Å². The molecule has 2 rings (SSSR count). The van der Waals surface area contributed by atoms with Crippen LogP contribution in [0.25, 0.3) is 0 Å². The van der Waals surface area contributed by atoms with Gasteiger partial charge in [0, 0.05) is 18.5 Å². The van der Waals surface area contributed by atoms with Crippen molar-refractivity contribution in [2.75, 3.05) is 27.4 Å². The van der Waals surface area contributed by atoms with Crippen LogP contribution >= 0.6 is 15.9 Å². The van der Waals surface area contributed by atoms with Crippen molar-refractivity contribution >= 4 is 34.0 Å². The summed E-state index contributed by atoms with van der Waals surface area (Å²) < 4.78 is 16.8. The fraction of sp³-hybridized carbons (Fsp3) is 0.318. The molecule has 0 aliphatic rings. The number of ether oxygens (including phenoxy) is 3. The van der Waals surface area contributed by atoms with Crippen LogP contribution in [0.4, 0.5) is 0 Å². The average Bonchev–Trinajstić information content (AvgIpc) is 2.78. The predicted molar refractivity (Wildman–Crippen MR) is 122 cm³/mol. The summed E-state index contributed by atoms with van der Waals surface area (Å²) in [6, 6.07) is 10.3. The van der Waals surface area contributed by atoms with Crippen molar-refractivity contribution in [3.63, 3.8) is 0 Å². The zero-order valence-corrected chi connectivity index (χ0v) is 19.3. The molecular weight excluding hydrogens is 466 g/mol. The lowest BCUT2D eigenvalue weighted by molar-refractivity contribution is -0.120. The lowest BCUT2D eigenvalue weighted by Crippen LogP contribution is -2.29. The predicted octanol–water partition coefficient (Wildman–Crippen LogP) is 3.53. The molecule has 2 N–H and O–H groups in total. The third-order valence-corrected chi connectivity index (χ3v) is 4.68. The molecule has 31 heavy (non-hydrogen) atoms. The third-order valence-electron chi connectivity index (χ3n) is 4.09. The van der Waals surface area contributed by atoms with Crippen molar-refractivity contribution in [2.45, 2.75) is 19.8 Å². The Hall–Kier alpha value is -3.07. The summed E-state index contributed by atoms with van der Waals surface area (Å²) in [7, 11) is 3.12. The van der Waals surface area contributed by atoms with Crippen LogP contribution in [-0.4, -0.2) is 45.4 Å². The molecule has 9 heteroatoms. The van der Waals surface area contributed by atoms with Gasteiger partial charge in [0.05, 0.1) is 31.5 Å². The maximum atomic E-state index is 12.1. The van der Waals surface area contributed by atoms with Gasteiger partial charge in [0.2, 0.25) is 5.91 Å². The minimum Gasteiger partial charge on any atom is -0.497 e. The highest BCUT2D eigenvalue weighted by Gasteiger charge is 2.11. The number of nitrogens with zero attached hydrogens (tertiary/aromatic N) is 1. The third kappa shape index (κ3) is 7.60. The summed E-state index contributed by atoms with van der Waals surface area (Å²) >= 11 is 3.46. The molecule has 0 aromatic heterocycles. The molecule has 0 aliphatic carbocycles. The molecular formula is C22H26BrN3O5. The summed E-state index contributed by atoms with van der Waals surface area (Å²) in [4.78, 5) is 24.0. The van der Waals surface area contributed by atoms with E-state index in [0.29, 0.717) is 29.4 Å². The molecule has 166 valence electrons. The summed E-state index contributed by atoms with van der Waals surface area (Å²) in [6.45, 7) is 2.79. The quantitative estimate of drug-likeness (QED) is 0.370. The number of methoxy groups -OCH3 is 2. The number of rotatable bonds is 11. The van der Waals surface area contributed by atoms with E-state index >= 15 is 0 Å². The Morgan fingerprint density at radius 2 is 1.87 bits per heavy atom. The molecule has 0 heterocycles. The maximum Gasteiger partial charge on any atom is 0.251 e. The number of hydrogen-bond acceptors (Lipinski definition) is 6. The number of hydrogen-bond donors (Lipinski definition) is 2. The average molecular weight is 492 g/mol. The molecule has 0 radical (unpaired) electrons. The maximum absolute atomic E-state index is 12.1. The minimum absolute atomic E-state index is 0.0933. The van der Waals surface area contributed by atoms with Gasteiger partial charge >= 0.3 is 0 Å². The molecule has 2 aromatic rings. The van der Waals surface area contributed by atoms with Crippen LogP contribution in [0.15, 0.2) is 46.0 Å². The van der Waals surface area contributed by atoms with E-state index in [1.54, 1.807) is 44.6 Å². The molecule has 2 aromatic carbocycles. The Morgan fingerprint density at radius 1 is 1.13 bits per heavy atom. The zero-order chi connectivity index (χ0) is 22.6. The molecule has 0 bridgehead atoms. The second-order valence-corrected chi connectivity index (χ2v) is 7.26. The van der Waals surface area contributed by atoms with E-state index in [0.717, 1.165) is 16.5 Å². The first-order valence-corrected chi connectivity index (χ1v) is 10.5. The molecule has 0 fully saturated rings. The van der Waals surface area contributed by atoms with E-state index in [9.17, 15) is 9.59 Å². The summed E-state index contributed by atoms with van der Waals surface area (Å²) in [6.07, 6.45) is 2.48. The molecule has 0 spiro atoms. The topological polar surface area (TPSA) is 98.2 Å². The van der Waals surface area contributed by atoms with Gasteiger partial charge in [-0.2, -0.15) is 5.10 Å². The first-order chi connectivity index (χ1) is 15.0. The van der Waals surface area contributed by atoms with Crippen molar-refractivity contribution in [1.82, 2.24) is 10.7 Å². The van der Waals surface area contributed by atoms with Crippen LogP contribution in [-0.2, 0) is 4.79 Å².